The number of anilines is 1. The molecular formula is C32H33ClN6O5S2. The molecule has 3 aromatic carbocycles. The lowest BCUT2D eigenvalue weighted by Crippen LogP contribution is -2.14. The monoisotopic (exact) mass is 680 g/mol. The minimum absolute atomic E-state index is 0.0397. The van der Waals surface area contributed by atoms with Crippen LogP contribution in [0, 0.1) is 5.92 Å². The molecule has 0 saturated heterocycles. The third-order valence-corrected chi connectivity index (χ3v) is 9.67. The summed E-state index contributed by atoms with van der Waals surface area (Å²) in [6.07, 6.45) is 1.73. The summed E-state index contributed by atoms with van der Waals surface area (Å²) < 4.78 is 37.4. The Hall–Kier alpha value is -4.33. The number of nitrogens with one attached hydrogen (secondary N) is 2. The molecule has 0 aliphatic carbocycles. The van der Waals surface area contributed by atoms with Crippen molar-refractivity contribution in [1.82, 2.24) is 25.6 Å². The van der Waals surface area contributed by atoms with Crippen LogP contribution in [-0.4, -0.2) is 45.7 Å². The first kappa shape index (κ1) is 33.0. The molecule has 0 bridgehead atoms. The highest BCUT2D eigenvalue weighted by molar-refractivity contribution is 7.91. The van der Waals surface area contributed by atoms with Crippen LogP contribution < -0.4 is 14.8 Å². The average molecular weight is 681 g/mol. The minimum Gasteiger partial charge on any atom is -0.483 e. The van der Waals surface area contributed by atoms with E-state index in [0.29, 0.717) is 51.8 Å². The van der Waals surface area contributed by atoms with Crippen LogP contribution in [0.15, 0.2) is 77.0 Å². The van der Waals surface area contributed by atoms with Crippen molar-refractivity contribution in [2.24, 2.45) is 5.92 Å². The highest BCUT2D eigenvalue weighted by atomic mass is 35.5. The van der Waals surface area contributed by atoms with Gasteiger partial charge >= 0.3 is 0 Å². The first-order valence-corrected chi connectivity index (χ1v) is 17.5. The molecular weight excluding hydrogens is 648 g/mol. The van der Waals surface area contributed by atoms with E-state index in [4.69, 9.17) is 21.1 Å². The second-order valence-electron chi connectivity index (χ2n) is 11.0. The fraction of sp³-hybridized carbons (Fsp3) is 0.281. The first-order valence-electron chi connectivity index (χ1n) is 14.6. The van der Waals surface area contributed by atoms with Gasteiger partial charge in [-0.1, -0.05) is 55.0 Å². The molecule has 14 heteroatoms. The van der Waals surface area contributed by atoms with E-state index in [9.17, 15) is 13.2 Å². The molecule has 0 fully saturated rings. The van der Waals surface area contributed by atoms with Gasteiger partial charge in [0.25, 0.3) is 11.1 Å². The number of carbonyl (C=O) groups is 1. The number of carbonyl (C=O) groups excluding carboxylic acids is 1. The molecule has 1 amide bonds. The third kappa shape index (κ3) is 9.35. The van der Waals surface area contributed by atoms with E-state index in [1.165, 1.54) is 23.5 Å². The molecule has 0 unspecified atom stereocenters. The number of aryl methyl sites for hydroxylation is 1. The molecule has 2 N–H and O–H groups in total. The number of ether oxygens (including phenoxy) is 2. The number of thiazole rings is 1. The van der Waals surface area contributed by atoms with Crippen molar-refractivity contribution in [2.45, 2.75) is 51.2 Å². The summed E-state index contributed by atoms with van der Waals surface area (Å²) in [5, 5.41) is 19.6. The maximum Gasteiger partial charge on any atom is 0.273 e. The number of hydrogen-bond donors (Lipinski definition) is 2. The second-order valence-corrected chi connectivity index (χ2v) is 14.4. The fourth-order valence-corrected chi connectivity index (χ4v) is 6.70. The smallest absolute Gasteiger partial charge is 0.273 e. The molecule has 0 aliphatic heterocycles. The number of rotatable bonds is 15. The Morgan fingerprint density at radius 3 is 2.61 bits per heavy atom. The van der Waals surface area contributed by atoms with E-state index in [2.05, 4.69) is 44.8 Å². The van der Waals surface area contributed by atoms with Crippen LogP contribution in [0.4, 0.5) is 5.69 Å². The van der Waals surface area contributed by atoms with Crippen molar-refractivity contribution in [1.29, 1.82) is 0 Å². The molecule has 11 nitrogen and oxygen atoms in total. The Bertz CT molecular complexity index is 1860. The Kier molecular flexibility index (Phi) is 11.0. The normalized spacial score (nSPS) is 11.5. The summed E-state index contributed by atoms with van der Waals surface area (Å²) in [6.45, 7) is 4.61. The highest BCUT2D eigenvalue weighted by Crippen LogP contribution is 2.29. The highest BCUT2D eigenvalue weighted by Gasteiger charge is 2.16. The van der Waals surface area contributed by atoms with Crippen LogP contribution in [0.5, 0.6) is 10.9 Å². The number of sulfone groups is 1. The van der Waals surface area contributed by atoms with Gasteiger partial charge in [-0.05, 0) is 95.3 Å². The number of H-pyrrole nitrogens is 1. The van der Waals surface area contributed by atoms with Crippen LogP contribution in [0.25, 0.3) is 0 Å². The summed E-state index contributed by atoms with van der Waals surface area (Å²) in [4.78, 5) is 18.2. The summed E-state index contributed by atoms with van der Waals surface area (Å²) in [5.41, 5.74) is 3.52. The van der Waals surface area contributed by atoms with E-state index in [1.807, 2.05) is 17.5 Å². The largest absolute Gasteiger partial charge is 0.483 e. The van der Waals surface area contributed by atoms with Gasteiger partial charge in [-0.25, -0.2) is 18.5 Å². The second kappa shape index (κ2) is 15.3. The standard InChI is InChI=1S/C32H33ClN6O5S2/c1-21(2)15-26-20-45-32(34-26)44-18-23-5-3-7-24(16-23)31(40)35-28-17-22(8-13-29(28)43-19-30-36-38-39-37-30)6-4-14-46(41,42)27-11-9-25(33)10-12-27/h3,5,7-13,16-17,20-21H,4,6,14-15,18-19H2,1-2H3,(H,35,40)(H,36,37,38,39). The molecule has 0 radical (unpaired) electrons. The molecule has 2 aromatic heterocycles. The van der Waals surface area contributed by atoms with Crippen LogP contribution >= 0.6 is 22.9 Å². The molecule has 46 heavy (non-hydrogen) atoms. The van der Waals surface area contributed by atoms with Gasteiger partial charge in [-0.15, -0.1) is 5.10 Å². The number of aromatic amines is 1. The van der Waals surface area contributed by atoms with Crippen molar-refractivity contribution in [3.8, 4) is 10.9 Å². The Labute approximate surface area is 276 Å². The quantitative estimate of drug-likeness (QED) is 0.129. The predicted molar refractivity (Wildman–Crippen MR) is 176 cm³/mol. The lowest BCUT2D eigenvalue weighted by molar-refractivity contribution is 0.102. The first-order chi connectivity index (χ1) is 22.1. The molecule has 0 aliphatic rings. The predicted octanol–water partition coefficient (Wildman–Crippen LogP) is 6.32. The Balaban J connectivity index is 1.26. The molecule has 2 heterocycles. The lowest BCUT2D eigenvalue weighted by Gasteiger charge is -2.14. The fourth-order valence-electron chi connectivity index (χ4n) is 4.58. The number of halogens is 1. The van der Waals surface area contributed by atoms with E-state index >= 15 is 0 Å². The van der Waals surface area contributed by atoms with Crippen molar-refractivity contribution in [3.63, 3.8) is 0 Å². The Morgan fingerprint density at radius 1 is 1.02 bits per heavy atom. The third-order valence-electron chi connectivity index (χ3n) is 6.80. The number of nitrogens with zero attached hydrogens (tertiary/aromatic N) is 4. The molecule has 5 aromatic rings. The van der Waals surface area contributed by atoms with E-state index in [-0.39, 0.29) is 29.8 Å². The zero-order chi connectivity index (χ0) is 32.5. The minimum atomic E-state index is -3.47. The van der Waals surface area contributed by atoms with Gasteiger partial charge in [-0.3, -0.25) is 4.79 Å². The van der Waals surface area contributed by atoms with Crippen LogP contribution in [0.1, 0.15) is 53.3 Å². The zero-order valence-electron chi connectivity index (χ0n) is 25.3. The topological polar surface area (TPSA) is 149 Å². The van der Waals surface area contributed by atoms with Crippen LogP contribution in [0.3, 0.4) is 0 Å². The van der Waals surface area contributed by atoms with Gasteiger partial charge in [-0.2, -0.15) is 0 Å². The lowest BCUT2D eigenvalue weighted by atomic mass is 10.1. The molecule has 5 rings (SSSR count). The Morgan fingerprint density at radius 2 is 1.85 bits per heavy atom. The number of benzene rings is 3. The van der Waals surface area contributed by atoms with E-state index in [1.54, 1.807) is 42.5 Å². The number of hydrogen-bond acceptors (Lipinski definition) is 10. The summed E-state index contributed by atoms with van der Waals surface area (Å²) in [7, 11) is -3.47. The van der Waals surface area contributed by atoms with E-state index in [0.717, 1.165) is 23.2 Å². The van der Waals surface area contributed by atoms with Crippen molar-refractivity contribution in [3.05, 3.63) is 105 Å². The van der Waals surface area contributed by atoms with Gasteiger partial charge < -0.3 is 14.8 Å². The zero-order valence-corrected chi connectivity index (χ0v) is 27.7. The van der Waals surface area contributed by atoms with Gasteiger partial charge in [0.2, 0.25) is 0 Å². The molecule has 0 spiro atoms. The maximum absolute atomic E-state index is 13.4. The van der Waals surface area contributed by atoms with Crippen molar-refractivity contribution >= 4 is 44.4 Å². The molecule has 240 valence electrons. The van der Waals surface area contributed by atoms with Gasteiger partial charge in [0, 0.05) is 16.0 Å². The van der Waals surface area contributed by atoms with Gasteiger partial charge in [0.15, 0.2) is 15.7 Å². The van der Waals surface area contributed by atoms with Crippen molar-refractivity contribution in [2.75, 3.05) is 11.1 Å². The van der Waals surface area contributed by atoms with Crippen LogP contribution in [-0.2, 0) is 35.9 Å². The van der Waals surface area contributed by atoms with Gasteiger partial charge in [0.05, 0.1) is 22.0 Å². The SMILES string of the molecule is CC(C)Cc1csc(OCc2cccc(C(=O)Nc3cc(CCCS(=O)(=O)c4ccc(Cl)cc4)ccc3OCc3nnn[nH]3)c2)n1. The summed E-state index contributed by atoms with van der Waals surface area (Å²) >= 11 is 7.36. The number of amides is 1. The molecule has 0 saturated carbocycles. The number of aromatic nitrogens is 5. The number of tetrazole rings is 1. The summed E-state index contributed by atoms with van der Waals surface area (Å²) in [5.74, 6) is 0.944. The average Bonchev–Trinajstić information content (AvgIpc) is 3.72. The van der Waals surface area contributed by atoms with Crippen molar-refractivity contribution < 1.29 is 22.7 Å². The van der Waals surface area contributed by atoms with Gasteiger partial charge in [0.1, 0.15) is 19.0 Å². The van der Waals surface area contributed by atoms with E-state index < -0.39 is 9.84 Å². The maximum atomic E-state index is 13.4. The molecule has 0 atom stereocenters. The summed E-state index contributed by atoms with van der Waals surface area (Å²) in [6, 6.07) is 18.6. The van der Waals surface area contributed by atoms with Crippen LogP contribution in [0.2, 0.25) is 5.02 Å².